The van der Waals surface area contributed by atoms with E-state index in [0.29, 0.717) is 5.92 Å². The van der Waals surface area contributed by atoms with Crippen LogP contribution in [0.25, 0.3) is 0 Å². The van der Waals surface area contributed by atoms with Gasteiger partial charge in [0.2, 0.25) is 0 Å². The lowest BCUT2D eigenvalue weighted by atomic mass is 9.88. The van der Waals surface area contributed by atoms with Crippen LogP contribution in [0.4, 0.5) is 0 Å². The van der Waals surface area contributed by atoms with E-state index in [1.807, 2.05) is 0 Å². The summed E-state index contributed by atoms with van der Waals surface area (Å²) in [6, 6.07) is -0.176. The molecule has 3 rings (SSSR count). The Morgan fingerprint density at radius 3 is 2.63 bits per heavy atom. The van der Waals surface area contributed by atoms with Crippen molar-refractivity contribution in [2.24, 2.45) is 5.73 Å². The number of rotatable bonds is 2. The number of imidazole rings is 1. The van der Waals surface area contributed by atoms with Crippen molar-refractivity contribution in [3.05, 3.63) is 17.2 Å². The first-order chi connectivity index (χ1) is 9.18. The van der Waals surface area contributed by atoms with Crippen molar-refractivity contribution in [1.29, 1.82) is 0 Å². The molecule has 0 spiro atoms. The number of nitrogens with zero attached hydrogens (tertiary/aromatic N) is 2. The van der Waals surface area contributed by atoms with E-state index in [2.05, 4.69) is 9.55 Å². The van der Waals surface area contributed by atoms with E-state index in [0.717, 1.165) is 43.7 Å². The molecule has 104 valence electrons. The smallest absolute Gasteiger partial charge is 0.356 e. The molecule has 5 heteroatoms. The average Bonchev–Trinajstić information content (AvgIpc) is 2.81. The van der Waals surface area contributed by atoms with E-state index in [9.17, 15) is 9.90 Å². The summed E-state index contributed by atoms with van der Waals surface area (Å²) in [4.78, 5) is 15.8. The lowest BCUT2D eigenvalue weighted by Gasteiger charge is -2.26. The Labute approximate surface area is 112 Å². The zero-order chi connectivity index (χ0) is 13.4. The van der Waals surface area contributed by atoms with Crippen molar-refractivity contribution in [2.75, 3.05) is 0 Å². The second-order valence-electron chi connectivity index (χ2n) is 5.74. The van der Waals surface area contributed by atoms with Crippen LogP contribution in [0.3, 0.4) is 0 Å². The fraction of sp³-hybridized carbons (Fsp3) is 0.714. The summed E-state index contributed by atoms with van der Waals surface area (Å²) in [5.41, 5.74) is 7.04. The topological polar surface area (TPSA) is 81.1 Å². The molecule has 1 aliphatic heterocycles. The summed E-state index contributed by atoms with van der Waals surface area (Å²) in [5, 5.41) is 9.34. The quantitative estimate of drug-likeness (QED) is 0.858. The molecule has 0 saturated heterocycles. The molecule has 2 aliphatic rings. The van der Waals surface area contributed by atoms with Crippen LogP contribution < -0.4 is 5.73 Å². The molecule has 0 radical (unpaired) electrons. The van der Waals surface area contributed by atoms with Crippen LogP contribution in [0, 0.1) is 0 Å². The van der Waals surface area contributed by atoms with Gasteiger partial charge in [0, 0.05) is 18.5 Å². The van der Waals surface area contributed by atoms with E-state index < -0.39 is 5.97 Å². The number of hydrogen-bond donors (Lipinski definition) is 2. The molecule has 1 unspecified atom stereocenters. The van der Waals surface area contributed by atoms with Crippen LogP contribution in [0.1, 0.15) is 78.9 Å². The second kappa shape index (κ2) is 4.96. The van der Waals surface area contributed by atoms with Crippen LogP contribution in [-0.2, 0) is 6.54 Å². The van der Waals surface area contributed by atoms with Crippen molar-refractivity contribution in [3.63, 3.8) is 0 Å². The molecule has 1 fully saturated rings. The van der Waals surface area contributed by atoms with Crippen LogP contribution >= 0.6 is 0 Å². The number of carbonyl (C=O) groups is 1. The third-order valence-electron chi connectivity index (χ3n) is 4.46. The third kappa shape index (κ3) is 2.16. The van der Waals surface area contributed by atoms with E-state index in [4.69, 9.17) is 5.73 Å². The predicted molar refractivity (Wildman–Crippen MR) is 71.2 cm³/mol. The molecule has 1 saturated carbocycles. The normalized spacial score (nSPS) is 24.2. The maximum absolute atomic E-state index is 11.4. The van der Waals surface area contributed by atoms with Gasteiger partial charge in [-0.1, -0.05) is 19.3 Å². The number of hydrogen-bond acceptors (Lipinski definition) is 3. The molecule has 2 heterocycles. The van der Waals surface area contributed by atoms with Gasteiger partial charge >= 0.3 is 5.97 Å². The van der Waals surface area contributed by atoms with Crippen molar-refractivity contribution in [3.8, 4) is 0 Å². The Bertz CT molecular complexity index is 489. The van der Waals surface area contributed by atoms with Gasteiger partial charge in [-0.25, -0.2) is 9.78 Å². The van der Waals surface area contributed by atoms with Gasteiger partial charge in [0.15, 0.2) is 5.69 Å². The van der Waals surface area contributed by atoms with Crippen molar-refractivity contribution in [1.82, 2.24) is 9.55 Å². The number of carboxylic acids is 1. The molecule has 3 N–H and O–H groups in total. The molecule has 19 heavy (non-hydrogen) atoms. The minimum absolute atomic E-state index is 0.176. The van der Waals surface area contributed by atoms with Crippen molar-refractivity contribution < 1.29 is 9.90 Å². The van der Waals surface area contributed by atoms with Gasteiger partial charge in [-0.15, -0.1) is 0 Å². The van der Waals surface area contributed by atoms with Gasteiger partial charge in [0.25, 0.3) is 0 Å². The Hall–Kier alpha value is -1.36. The number of nitrogens with two attached hydrogens (primary N) is 1. The van der Waals surface area contributed by atoms with Gasteiger partial charge < -0.3 is 15.4 Å². The SMILES string of the molecule is NC1CCCn2c(C3CCCCC3)nc(C(=O)O)c21. The van der Waals surface area contributed by atoms with E-state index in [-0.39, 0.29) is 11.7 Å². The Kier molecular flexibility index (Phi) is 3.31. The molecule has 0 amide bonds. The second-order valence-corrected chi connectivity index (χ2v) is 5.74. The lowest BCUT2D eigenvalue weighted by molar-refractivity contribution is 0.0688. The van der Waals surface area contributed by atoms with E-state index >= 15 is 0 Å². The highest BCUT2D eigenvalue weighted by atomic mass is 16.4. The number of fused-ring (bicyclic) bond motifs is 1. The molecule has 1 aliphatic carbocycles. The summed E-state index contributed by atoms with van der Waals surface area (Å²) in [5.74, 6) is 0.455. The highest BCUT2D eigenvalue weighted by molar-refractivity contribution is 5.87. The van der Waals surface area contributed by atoms with Crippen LogP contribution in [-0.4, -0.2) is 20.6 Å². The highest BCUT2D eigenvalue weighted by Crippen LogP contribution is 2.36. The summed E-state index contributed by atoms with van der Waals surface area (Å²) in [7, 11) is 0. The van der Waals surface area contributed by atoms with Crippen LogP contribution in [0.5, 0.6) is 0 Å². The average molecular weight is 263 g/mol. The molecule has 0 aromatic carbocycles. The fourth-order valence-electron chi connectivity index (χ4n) is 3.53. The summed E-state index contributed by atoms with van der Waals surface area (Å²) < 4.78 is 2.10. The Morgan fingerprint density at radius 1 is 1.21 bits per heavy atom. The summed E-state index contributed by atoms with van der Waals surface area (Å²) in [6.07, 6.45) is 7.87. The largest absolute Gasteiger partial charge is 0.476 e. The standard InChI is InChI=1S/C14H21N3O2/c15-10-7-4-8-17-12(10)11(14(18)19)16-13(17)9-5-2-1-3-6-9/h9-10H,1-8,15H2,(H,18,19). The minimum atomic E-state index is -0.942. The van der Waals surface area contributed by atoms with Gasteiger partial charge in [0.1, 0.15) is 5.82 Å². The number of aromatic nitrogens is 2. The predicted octanol–water partition coefficient (Wildman–Crippen LogP) is 2.42. The lowest BCUT2D eigenvalue weighted by Crippen LogP contribution is -2.25. The van der Waals surface area contributed by atoms with Gasteiger partial charge in [-0.3, -0.25) is 0 Å². The van der Waals surface area contributed by atoms with Crippen LogP contribution in [0.15, 0.2) is 0 Å². The van der Waals surface area contributed by atoms with Crippen LogP contribution in [0.2, 0.25) is 0 Å². The third-order valence-corrected chi connectivity index (χ3v) is 4.46. The first-order valence-corrected chi connectivity index (χ1v) is 7.27. The number of aromatic carboxylic acids is 1. The molecule has 1 atom stereocenters. The van der Waals surface area contributed by atoms with Crippen molar-refractivity contribution >= 4 is 5.97 Å². The number of carboxylic acid groups (broad SMARTS) is 1. The first-order valence-electron chi connectivity index (χ1n) is 7.27. The maximum atomic E-state index is 11.4. The van der Waals surface area contributed by atoms with Crippen molar-refractivity contribution in [2.45, 2.75) is 63.5 Å². The molecule has 0 bridgehead atoms. The molecule has 1 aromatic rings. The monoisotopic (exact) mass is 263 g/mol. The molecular weight excluding hydrogens is 242 g/mol. The fourth-order valence-corrected chi connectivity index (χ4v) is 3.53. The molecule has 5 nitrogen and oxygen atoms in total. The molecule has 1 aromatic heterocycles. The highest BCUT2D eigenvalue weighted by Gasteiger charge is 2.31. The van der Waals surface area contributed by atoms with Gasteiger partial charge in [-0.2, -0.15) is 0 Å². The first kappa shape index (κ1) is 12.7. The van der Waals surface area contributed by atoms with Gasteiger partial charge in [0.05, 0.1) is 5.69 Å². The maximum Gasteiger partial charge on any atom is 0.356 e. The summed E-state index contributed by atoms with van der Waals surface area (Å²) in [6.45, 7) is 0.870. The van der Waals surface area contributed by atoms with Gasteiger partial charge in [-0.05, 0) is 25.7 Å². The Morgan fingerprint density at radius 2 is 1.95 bits per heavy atom. The Balaban J connectivity index is 2.04. The van der Waals surface area contributed by atoms with E-state index in [1.54, 1.807) is 0 Å². The molecular formula is C14H21N3O2. The zero-order valence-electron chi connectivity index (χ0n) is 11.1. The minimum Gasteiger partial charge on any atom is -0.476 e. The zero-order valence-corrected chi connectivity index (χ0v) is 11.1. The summed E-state index contributed by atoms with van der Waals surface area (Å²) >= 11 is 0. The van der Waals surface area contributed by atoms with E-state index in [1.165, 1.54) is 19.3 Å².